The zero-order valence-corrected chi connectivity index (χ0v) is 14.1. The molecule has 0 aliphatic heterocycles. The van der Waals surface area contributed by atoms with Gasteiger partial charge in [-0.05, 0) is 42.0 Å². The number of nitrogens with zero attached hydrogens (tertiary/aromatic N) is 3. The van der Waals surface area contributed by atoms with Gasteiger partial charge in [-0.25, -0.2) is 9.37 Å². The number of halogens is 1. The minimum absolute atomic E-state index is 0.308. The topological polar surface area (TPSA) is 50.3 Å². The first-order chi connectivity index (χ1) is 12.1. The van der Waals surface area contributed by atoms with E-state index < -0.39 is 0 Å². The summed E-state index contributed by atoms with van der Waals surface area (Å²) in [6.45, 7) is 0.605. The summed E-state index contributed by atoms with van der Waals surface area (Å²) in [6.07, 6.45) is 1.61. The molecule has 1 aromatic heterocycles. The van der Waals surface area contributed by atoms with Crippen LogP contribution in [0.1, 0.15) is 5.56 Å². The van der Waals surface area contributed by atoms with Crippen molar-refractivity contribution < 1.29 is 9.13 Å². The number of hydrogen-bond acceptors (Lipinski definition) is 5. The second-order valence-corrected chi connectivity index (χ2v) is 5.69. The summed E-state index contributed by atoms with van der Waals surface area (Å²) in [6, 6.07) is 15.7. The number of hydrogen-bond donors (Lipinski definition) is 1. The number of ether oxygens (including phenoxy) is 1. The van der Waals surface area contributed by atoms with Gasteiger partial charge in [0.15, 0.2) is 0 Å². The molecule has 0 aliphatic carbocycles. The van der Waals surface area contributed by atoms with Crippen LogP contribution in [0.3, 0.4) is 0 Å². The fourth-order valence-electron chi connectivity index (χ4n) is 2.20. The Kier molecular flexibility index (Phi) is 5.09. The largest absolute Gasteiger partial charge is 0.439 e. The van der Waals surface area contributed by atoms with E-state index in [2.05, 4.69) is 44.5 Å². The third-order valence-electron chi connectivity index (χ3n) is 3.57. The lowest BCUT2D eigenvalue weighted by molar-refractivity contribution is 0.460. The lowest BCUT2D eigenvalue weighted by atomic mass is 10.2. The molecule has 0 atom stereocenters. The monoisotopic (exact) mass is 338 g/mol. The van der Waals surface area contributed by atoms with Crippen LogP contribution in [0, 0.1) is 5.82 Å². The summed E-state index contributed by atoms with van der Waals surface area (Å²) in [4.78, 5) is 10.5. The van der Waals surface area contributed by atoms with Crippen molar-refractivity contribution >= 4 is 11.6 Å². The molecule has 0 radical (unpaired) electrons. The van der Waals surface area contributed by atoms with E-state index in [4.69, 9.17) is 4.74 Å². The first-order valence-electron chi connectivity index (χ1n) is 7.87. The average Bonchev–Trinajstić information content (AvgIpc) is 2.63. The molecule has 2 aromatic carbocycles. The van der Waals surface area contributed by atoms with E-state index in [1.54, 1.807) is 24.4 Å². The van der Waals surface area contributed by atoms with E-state index in [1.165, 1.54) is 12.1 Å². The van der Waals surface area contributed by atoms with Crippen molar-refractivity contribution in [3.8, 4) is 11.6 Å². The molecular weight excluding hydrogens is 319 g/mol. The van der Waals surface area contributed by atoms with Crippen LogP contribution in [0.15, 0.2) is 60.8 Å². The van der Waals surface area contributed by atoms with Crippen molar-refractivity contribution in [3.63, 3.8) is 0 Å². The third-order valence-corrected chi connectivity index (χ3v) is 3.57. The fraction of sp³-hybridized carbons (Fsp3) is 0.158. The van der Waals surface area contributed by atoms with Crippen LogP contribution in [-0.2, 0) is 6.54 Å². The van der Waals surface area contributed by atoms with Gasteiger partial charge in [-0.1, -0.05) is 12.1 Å². The molecule has 1 N–H and O–H groups in total. The molecule has 0 aliphatic rings. The van der Waals surface area contributed by atoms with Crippen LogP contribution >= 0.6 is 0 Å². The Labute approximate surface area is 146 Å². The first-order valence-corrected chi connectivity index (χ1v) is 7.87. The molecule has 3 rings (SSSR count). The van der Waals surface area contributed by atoms with Crippen LogP contribution in [0.4, 0.5) is 16.0 Å². The van der Waals surface area contributed by atoms with Crippen molar-refractivity contribution in [2.45, 2.75) is 6.54 Å². The minimum atomic E-state index is -0.308. The molecular formula is C19H19FN4O. The molecule has 6 heteroatoms. The quantitative estimate of drug-likeness (QED) is 0.734. The maximum Gasteiger partial charge on any atom is 0.226 e. The lowest BCUT2D eigenvalue weighted by Gasteiger charge is -2.13. The Morgan fingerprint density at radius 2 is 1.72 bits per heavy atom. The van der Waals surface area contributed by atoms with Gasteiger partial charge in [0.1, 0.15) is 11.6 Å². The summed E-state index contributed by atoms with van der Waals surface area (Å²) in [5.41, 5.74) is 2.27. The average molecular weight is 338 g/mol. The smallest absolute Gasteiger partial charge is 0.226 e. The second kappa shape index (κ2) is 7.61. The van der Waals surface area contributed by atoms with Crippen LogP contribution in [0.5, 0.6) is 11.6 Å². The number of anilines is 2. The van der Waals surface area contributed by atoms with Gasteiger partial charge in [0.25, 0.3) is 0 Å². The lowest BCUT2D eigenvalue weighted by Crippen LogP contribution is -2.09. The van der Waals surface area contributed by atoms with Crippen molar-refractivity contribution in [3.05, 3.63) is 72.2 Å². The van der Waals surface area contributed by atoms with Crippen molar-refractivity contribution in [1.82, 2.24) is 9.97 Å². The van der Waals surface area contributed by atoms with Gasteiger partial charge in [-0.3, -0.25) is 0 Å². The van der Waals surface area contributed by atoms with E-state index in [9.17, 15) is 4.39 Å². The van der Waals surface area contributed by atoms with E-state index >= 15 is 0 Å². The summed E-state index contributed by atoms with van der Waals surface area (Å²) in [7, 11) is 4.02. The fourth-order valence-corrected chi connectivity index (χ4v) is 2.20. The second-order valence-electron chi connectivity index (χ2n) is 5.69. The molecule has 0 amide bonds. The van der Waals surface area contributed by atoms with Gasteiger partial charge >= 0.3 is 0 Å². The van der Waals surface area contributed by atoms with Gasteiger partial charge in [-0.15, -0.1) is 0 Å². The first kappa shape index (κ1) is 16.7. The Morgan fingerprint density at radius 3 is 2.40 bits per heavy atom. The third kappa shape index (κ3) is 4.67. The maximum atomic E-state index is 12.9. The van der Waals surface area contributed by atoms with E-state index in [0.29, 0.717) is 24.1 Å². The van der Waals surface area contributed by atoms with Gasteiger partial charge < -0.3 is 15.0 Å². The van der Waals surface area contributed by atoms with Gasteiger partial charge in [0, 0.05) is 38.6 Å². The molecule has 0 saturated carbocycles. The summed E-state index contributed by atoms with van der Waals surface area (Å²) in [5.74, 6) is 1.08. The molecule has 0 fully saturated rings. The van der Waals surface area contributed by atoms with Crippen LogP contribution < -0.4 is 15.0 Å². The number of benzene rings is 2. The van der Waals surface area contributed by atoms with Crippen LogP contribution in [0.2, 0.25) is 0 Å². The predicted molar refractivity (Wildman–Crippen MR) is 96.6 cm³/mol. The molecule has 0 spiro atoms. The van der Waals surface area contributed by atoms with Crippen molar-refractivity contribution in [2.75, 3.05) is 24.3 Å². The van der Waals surface area contributed by atoms with Gasteiger partial charge in [0.05, 0.1) is 0 Å². The van der Waals surface area contributed by atoms with Gasteiger partial charge in [-0.2, -0.15) is 4.98 Å². The maximum absolute atomic E-state index is 12.9. The van der Waals surface area contributed by atoms with Crippen molar-refractivity contribution in [1.29, 1.82) is 0 Å². The van der Waals surface area contributed by atoms with E-state index in [-0.39, 0.29) is 5.82 Å². The highest BCUT2D eigenvalue weighted by Gasteiger charge is 2.03. The SMILES string of the molecule is CN(C)c1ccc(CNc2nccc(Oc3ccc(F)cc3)n2)cc1. The standard InChI is InChI=1S/C19H19FN4O/c1-24(2)16-7-3-14(4-8-16)13-22-19-21-12-11-18(23-19)25-17-9-5-15(20)6-10-17/h3-12H,13H2,1-2H3,(H,21,22,23). The molecule has 0 unspecified atom stereocenters. The zero-order valence-electron chi connectivity index (χ0n) is 14.1. The normalized spacial score (nSPS) is 10.4. The number of aromatic nitrogens is 2. The van der Waals surface area contributed by atoms with Crippen LogP contribution in [-0.4, -0.2) is 24.1 Å². The minimum Gasteiger partial charge on any atom is -0.439 e. The predicted octanol–water partition coefficient (Wildman–Crippen LogP) is 4.09. The van der Waals surface area contributed by atoms with Gasteiger partial charge in [0.2, 0.25) is 11.8 Å². The van der Waals surface area contributed by atoms with Crippen LogP contribution in [0.25, 0.3) is 0 Å². The van der Waals surface area contributed by atoms with E-state index in [1.807, 2.05) is 14.1 Å². The molecule has 25 heavy (non-hydrogen) atoms. The molecule has 1 heterocycles. The Hall–Kier alpha value is -3.15. The number of rotatable bonds is 6. The summed E-state index contributed by atoms with van der Waals surface area (Å²) in [5, 5.41) is 3.17. The zero-order chi connectivity index (χ0) is 17.6. The Morgan fingerprint density at radius 1 is 1.00 bits per heavy atom. The highest BCUT2D eigenvalue weighted by molar-refractivity contribution is 5.46. The highest BCUT2D eigenvalue weighted by Crippen LogP contribution is 2.20. The molecule has 5 nitrogen and oxygen atoms in total. The molecule has 0 saturated heterocycles. The van der Waals surface area contributed by atoms with E-state index in [0.717, 1.165) is 11.3 Å². The molecule has 128 valence electrons. The summed E-state index contributed by atoms with van der Waals surface area (Å²) < 4.78 is 18.5. The Bertz CT molecular complexity index is 820. The molecule has 3 aromatic rings. The van der Waals surface area contributed by atoms with Crippen molar-refractivity contribution in [2.24, 2.45) is 0 Å². The molecule has 0 bridgehead atoms. The number of nitrogens with one attached hydrogen (secondary N) is 1. The summed E-state index contributed by atoms with van der Waals surface area (Å²) >= 11 is 0. The highest BCUT2D eigenvalue weighted by atomic mass is 19.1. The Balaban J connectivity index is 1.62.